The number of nitrogens with two attached hydrogens (primary N) is 1. The zero-order chi connectivity index (χ0) is 63.9. The molecule has 8 atom stereocenters. The summed E-state index contributed by atoms with van der Waals surface area (Å²) in [6, 6.07) is 18.6. The number of hydrogen-bond acceptors (Lipinski definition) is 15. The maximum atomic E-state index is 13.3. The molecule has 2 saturated carbocycles. The van der Waals surface area contributed by atoms with Crippen molar-refractivity contribution < 1.29 is 58.7 Å². The number of anilines is 2. The minimum Gasteiger partial charge on any atom is -0.504 e. The Morgan fingerprint density at radius 1 is 0.613 bits per heavy atom. The molecule has 25 heteroatoms. The second kappa shape index (κ2) is 22.1. The van der Waals surface area contributed by atoms with Crippen LogP contribution in [0.4, 0.5) is 11.4 Å². The van der Waals surface area contributed by atoms with Gasteiger partial charge in [-0.25, -0.2) is 0 Å². The molecule has 25 nitrogen and oxygen atoms in total. The lowest BCUT2D eigenvalue weighted by atomic mass is 9.49. The predicted octanol–water partition coefficient (Wildman–Crippen LogP) is 2.58. The Labute approximate surface area is 534 Å². The van der Waals surface area contributed by atoms with E-state index in [0.717, 1.165) is 93.7 Å². The van der Waals surface area contributed by atoms with E-state index in [1.807, 2.05) is 42.5 Å². The summed E-state index contributed by atoms with van der Waals surface area (Å²) >= 11 is 0. The van der Waals surface area contributed by atoms with E-state index in [2.05, 4.69) is 62.0 Å². The smallest absolute Gasteiger partial charge is 0.243 e. The number of benzene rings is 4. The molecule has 4 bridgehead atoms. The number of aromatic hydroxyl groups is 2. The lowest BCUT2D eigenvalue weighted by Gasteiger charge is -2.62. The number of carbonyl (C=O) groups is 6. The Balaban J connectivity index is 0.447. The van der Waals surface area contributed by atoms with E-state index in [0.29, 0.717) is 85.3 Å². The molecule has 15 N–H and O–H groups in total. The molecule has 4 fully saturated rings. The van der Waals surface area contributed by atoms with Crippen LogP contribution in [0.1, 0.15) is 115 Å². The van der Waals surface area contributed by atoms with Gasteiger partial charge in [-0.1, -0.05) is 24.3 Å². The van der Waals surface area contributed by atoms with E-state index in [4.69, 9.17) is 15.2 Å². The number of aromatic amines is 2. The number of carbonyl (C=O) groups excluding carboxylic acids is 6. The number of guanidine groups is 1. The number of para-hydroxylation sites is 1. The maximum Gasteiger partial charge on any atom is 0.243 e. The summed E-state index contributed by atoms with van der Waals surface area (Å²) in [6.07, 6.45) is 7.17. The summed E-state index contributed by atoms with van der Waals surface area (Å²) in [5.41, 5.74) is 13.0. The van der Waals surface area contributed by atoms with E-state index >= 15 is 0 Å². The van der Waals surface area contributed by atoms with Crippen LogP contribution in [-0.2, 0) is 65.3 Å². The number of aromatic nitrogens is 2. The number of likely N-dealkylation sites (tertiary alicyclic amines) is 2. The number of rotatable bonds is 21. The van der Waals surface area contributed by atoms with Gasteiger partial charge >= 0.3 is 0 Å². The van der Waals surface area contributed by atoms with Gasteiger partial charge in [-0.2, -0.15) is 0 Å². The zero-order valence-electron chi connectivity index (χ0n) is 51.5. The molecule has 6 heterocycles. The molecular formula is C68H77N13O12. The van der Waals surface area contributed by atoms with E-state index in [-0.39, 0.29) is 55.5 Å². The average Bonchev–Trinajstić information content (AvgIpc) is 1.49. The number of ether oxygens (including phenoxy) is 2. The Kier molecular flexibility index (Phi) is 14.1. The van der Waals surface area contributed by atoms with E-state index in [9.17, 15) is 49.2 Å². The van der Waals surface area contributed by atoms with Crippen molar-refractivity contribution in [3.8, 4) is 23.0 Å². The third kappa shape index (κ3) is 9.56. The molecule has 6 aliphatic carbocycles. The maximum absolute atomic E-state index is 13.3. The van der Waals surface area contributed by atoms with Crippen molar-refractivity contribution >= 4 is 74.6 Å². The molecule has 0 radical (unpaired) electrons. The van der Waals surface area contributed by atoms with Crippen LogP contribution in [0, 0.1) is 11.8 Å². The highest BCUT2D eigenvalue weighted by Crippen LogP contribution is 2.71. The summed E-state index contributed by atoms with van der Waals surface area (Å²) < 4.78 is 13.5. The van der Waals surface area contributed by atoms with Crippen LogP contribution in [0.15, 0.2) is 65.7 Å². The van der Waals surface area contributed by atoms with Crippen molar-refractivity contribution in [3.05, 3.63) is 105 Å². The molecule has 6 aromatic rings. The molecule has 93 heavy (non-hydrogen) atoms. The number of phenolic OH excluding ortho intramolecular Hbond substituents is 2. The number of piperidine rings is 2. The number of aliphatic hydroxyl groups is 2. The van der Waals surface area contributed by atoms with Gasteiger partial charge in [0.05, 0.1) is 70.8 Å². The highest BCUT2D eigenvalue weighted by molar-refractivity contribution is 6.04. The first-order valence-electron chi connectivity index (χ1n) is 32.9. The van der Waals surface area contributed by atoms with Gasteiger partial charge < -0.3 is 82.8 Å². The van der Waals surface area contributed by atoms with Gasteiger partial charge in [0, 0.05) is 97.0 Å². The molecule has 16 rings (SSSR count). The second-order valence-corrected chi connectivity index (χ2v) is 27.6. The molecular weight excluding hydrogens is 1190 g/mol. The van der Waals surface area contributed by atoms with Gasteiger partial charge in [-0.15, -0.1) is 0 Å². The minimum absolute atomic E-state index is 0.0486. The van der Waals surface area contributed by atoms with Gasteiger partial charge in [0.1, 0.15) is 0 Å². The molecule has 6 amide bonds. The average molecular weight is 1270 g/mol. The Bertz CT molecular complexity index is 4200. The van der Waals surface area contributed by atoms with E-state index in [1.54, 1.807) is 18.2 Å². The molecule has 2 spiro atoms. The van der Waals surface area contributed by atoms with E-state index in [1.165, 1.54) is 25.7 Å². The van der Waals surface area contributed by atoms with Gasteiger partial charge in [0.15, 0.2) is 41.2 Å². The molecule has 2 saturated heterocycles. The first-order chi connectivity index (χ1) is 44.9. The van der Waals surface area contributed by atoms with Gasteiger partial charge in [-0.3, -0.25) is 43.6 Å². The van der Waals surface area contributed by atoms with Crippen LogP contribution < -0.4 is 52.4 Å². The Hall–Kier alpha value is -8.91. The lowest BCUT2D eigenvalue weighted by Crippen LogP contribution is -2.74. The molecule has 2 aromatic heterocycles. The standard InChI is InChI=1S/C68H77N13O12/c69-64(76-38-11-12-43-40(25-38)42-27-68(91)48-24-36-9-13-45(82)60-55(36)65(68,62(92-60)58(42)78-43)17-21-81(48)33-35-7-8-35)71-20-2-19-70-51(86)28-74-52(87)29-72-49(84)15-16-50(85)73-30-53(88)75-31-54(89)77-44-4-1-3-39-41-26-67(90)47-23-37-10-14-46(83)61-56(37)66(67,18-22-80(47)32-34-5-6-34)63(93-61)59(41)79-57(39)44/h1,3-4,9-14,25,34-35,47-48,62-63,78-79,82-83,90-91H,2,5-8,15-24,26-33H2,(H,70,86)(H,72,84)(H,73,85)(H,74,87)(H,75,88)(H,77,89)(H3,69,71,76)/t47-,48-,62-,63-,65-,66-,67+,68+/m0/s1. The summed E-state index contributed by atoms with van der Waals surface area (Å²) in [5, 5.41) is 69.0. The molecule has 10 aliphatic rings. The predicted molar refractivity (Wildman–Crippen MR) is 341 cm³/mol. The number of aliphatic imine (C=N–C) groups is 1. The molecule has 4 aliphatic heterocycles. The number of nitrogens with zero attached hydrogens (tertiary/aromatic N) is 3. The van der Waals surface area contributed by atoms with Crippen LogP contribution in [0.5, 0.6) is 23.0 Å². The topological polar surface area (TPSA) is 362 Å². The summed E-state index contributed by atoms with van der Waals surface area (Å²) in [5.74, 6) is -0.878. The van der Waals surface area contributed by atoms with Crippen molar-refractivity contribution in [2.24, 2.45) is 22.6 Å². The SMILES string of the molecule is NC(=NCCCNC(=O)CNC(=O)CNC(=O)CCC(=O)NCC(=O)NCC(=O)Nc1cccc2c3c([nH]c12)[C@@H]1Oc2c(O)ccc4c2[C@@]12CCN(CC1CC1)[C@@H](C4)[C@]2(O)C3)Nc1ccc2[nH]c3c(c2c1)C[C@@]1(O)[C@@H]2Cc4ccc(O)c5c4[C@@]1(CCN2CC1CC1)[C@H]3O5. The van der Waals surface area contributed by atoms with Crippen LogP contribution >= 0.6 is 0 Å². The van der Waals surface area contributed by atoms with Crippen molar-refractivity contribution in [2.45, 2.75) is 130 Å². The van der Waals surface area contributed by atoms with Gasteiger partial charge in [-0.05, 0) is 141 Å². The van der Waals surface area contributed by atoms with Crippen LogP contribution in [0.3, 0.4) is 0 Å². The number of hydrogen-bond donors (Lipinski definition) is 14. The number of H-pyrrole nitrogens is 2. The number of fused-ring (bicyclic) bond motifs is 8. The zero-order valence-corrected chi connectivity index (χ0v) is 51.5. The first-order valence-corrected chi connectivity index (χ1v) is 32.9. The molecule has 4 aromatic carbocycles. The highest BCUT2D eigenvalue weighted by Gasteiger charge is 2.74. The van der Waals surface area contributed by atoms with Gasteiger partial charge in [0.25, 0.3) is 0 Å². The van der Waals surface area contributed by atoms with Crippen molar-refractivity contribution in [1.82, 2.24) is 46.4 Å². The minimum atomic E-state index is -1.18. The highest BCUT2D eigenvalue weighted by atomic mass is 16.5. The van der Waals surface area contributed by atoms with Crippen LogP contribution in [0.25, 0.3) is 21.8 Å². The largest absolute Gasteiger partial charge is 0.504 e. The first kappa shape index (κ1) is 59.1. The lowest BCUT2D eigenvalue weighted by molar-refractivity contribution is -0.173. The molecule has 486 valence electrons. The van der Waals surface area contributed by atoms with Crippen LogP contribution in [-0.4, -0.2) is 170 Å². The Morgan fingerprint density at radius 3 is 1.71 bits per heavy atom. The quantitative estimate of drug-likeness (QED) is 0.0280. The van der Waals surface area contributed by atoms with Gasteiger partial charge in [0.2, 0.25) is 35.4 Å². The summed E-state index contributed by atoms with van der Waals surface area (Å²) in [4.78, 5) is 92.8. The normalized spacial score (nSPS) is 27.2. The fourth-order valence-corrected chi connectivity index (χ4v) is 17.6. The number of nitrogens with one attached hydrogen (secondary N) is 9. The monoisotopic (exact) mass is 1270 g/mol. The van der Waals surface area contributed by atoms with Crippen molar-refractivity contribution in [2.75, 3.05) is 76.1 Å². The fraction of sp³-hybridized carbons (Fsp3) is 0.485. The summed E-state index contributed by atoms with van der Waals surface area (Å²) in [7, 11) is 0. The fourth-order valence-electron chi connectivity index (χ4n) is 17.6. The third-order valence-electron chi connectivity index (χ3n) is 22.2. The second-order valence-electron chi connectivity index (χ2n) is 27.6. The Morgan fingerprint density at radius 2 is 1.14 bits per heavy atom. The summed E-state index contributed by atoms with van der Waals surface area (Å²) in [6.45, 7) is 2.51. The number of phenols is 2. The third-order valence-corrected chi connectivity index (χ3v) is 22.2. The van der Waals surface area contributed by atoms with Crippen molar-refractivity contribution in [3.63, 3.8) is 0 Å². The van der Waals surface area contributed by atoms with E-state index < -0.39 is 89.3 Å². The van der Waals surface area contributed by atoms with Crippen molar-refractivity contribution in [1.29, 1.82) is 0 Å². The number of amides is 6. The molecule has 0 unspecified atom stereocenters. The van der Waals surface area contributed by atoms with Crippen LogP contribution in [0.2, 0.25) is 0 Å².